The summed E-state index contributed by atoms with van der Waals surface area (Å²) in [5, 5.41) is 0. The van der Waals surface area contributed by atoms with Crippen molar-refractivity contribution in [1.29, 1.82) is 0 Å². The molecule has 100 valence electrons. The van der Waals surface area contributed by atoms with E-state index in [1.54, 1.807) is 13.0 Å². The number of unbranched alkanes of at least 4 members (excludes halogenated alkanes) is 1. The Hall–Kier alpha value is -0.613. The van der Waals surface area contributed by atoms with E-state index in [0.717, 1.165) is 25.5 Å². The molecule has 0 fully saturated rings. The first kappa shape index (κ1) is 16.4. The molecule has 17 heavy (non-hydrogen) atoms. The normalized spacial score (nSPS) is 12.0. The maximum Gasteiger partial charge on any atom is 0.330 e. The third-order valence-corrected chi connectivity index (χ3v) is 5.00. The summed E-state index contributed by atoms with van der Waals surface area (Å²) in [6, 6.07) is 1.04. The van der Waals surface area contributed by atoms with Gasteiger partial charge in [0, 0.05) is 12.7 Å². The van der Waals surface area contributed by atoms with Crippen molar-refractivity contribution in [2.75, 3.05) is 13.2 Å². The van der Waals surface area contributed by atoms with Crippen LogP contribution >= 0.6 is 0 Å². The minimum Gasteiger partial charge on any atom is -0.463 e. The van der Waals surface area contributed by atoms with Crippen LogP contribution in [0.3, 0.4) is 0 Å². The number of rotatable bonds is 9. The molecule has 0 aliphatic rings. The number of ether oxygens (including phenoxy) is 1. The van der Waals surface area contributed by atoms with E-state index in [-0.39, 0.29) is 5.97 Å². The molecule has 0 radical (unpaired) electrons. The molecule has 0 bridgehead atoms. The summed E-state index contributed by atoms with van der Waals surface area (Å²) in [5.41, 5.74) is 0. The highest BCUT2D eigenvalue weighted by molar-refractivity contribution is 6.71. The molecule has 0 aromatic heterocycles. The standard InChI is InChI=1S/C13H26O3Si/c1-5-7-11-16-17(3,4)12-8-10-15-13(14)9-6-2/h6,9H,5,7-8,10-12H2,1-4H3. The monoisotopic (exact) mass is 258 g/mol. The molecule has 0 unspecified atom stereocenters. The topological polar surface area (TPSA) is 35.5 Å². The maximum atomic E-state index is 11.0. The van der Waals surface area contributed by atoms with Crippen LogP contribution in [0.2, 0.25) is 19.1 Å². The van der Waals surface area contributed by atoms with Gasteiger partial charge in [-0.25, -0.2) is 4.79 Å². The molecule has 0 spiro atoms. The predicted molar refractivity (Wildman–Crippen MR) is 73.5 cm³/mol. The van der Waals surface area contributed by atoms with Gasteiger partial charge in [0.1, 0.15) is 0 Å². The van der Waals surface area contributed by atoms with Crippen molar-refractivity contribution in [2.24, 2.45) is 0 Å². The number of carbonyl (C=O) groups is 1. The van der Waals surface area contributed by atoms with E-state index >= 15 is 0 Å². The highest BCUT2D eigenvalue weighted by Gasteiger charge is 2.21. The van der Waals surface area contributed by atoms with Crippen molar-refractivity contribution in [1.82, 2.24) is 0 Å². The van der Waals surface area contributed by atoms with Gasteiger partial charge in [0.15, 0.2) is 8.32 Å². The van der Waals surface area contributed by atoms with Crippen LogP contribution < -0.4 is 0 Å². The summed E-state index contributed by atoms with van der Waals surface area (Å²) >= 11 is 0. The fraction of sp³-hybridized carbons (Fsp3) is 0.769. The third-order valence-electron chi connectivity index (χ3n) is 2.46. The van der Waals surface area contributed by atoms with Crippen molar-refractivity contribution in [3.05, 3.63) is 12.2 Å². The molecule has 0 saturated carbocycles. The van der Waals surface area contributed by atoms with Gasteiger partial charge >= 0.3 is 5.97 Å². The summed E-state index contributed by atoms with van der Waals surface area (Å²) < 4.78 is 11.0. The van der Waals surface area contributed by atoms with Crippen LogP contribution in [0.25, 0.3) is 0 Å². The summed E-state index contributed by atoms with van der Waals surface area (Å²) in [4.78, 5) is 11.0. The molecule has 0 atom stereocenters. The van der Waals surface area contributed by atoms with Crippen LogP contribution in [0.4, 0.5) is 0 Å². The van der Waals surface area contributed by atoms with Crippen molar-refractivity contribution in [3.63, 3.8) is 0 Å². The van der Waals surface area contributed by atoms with E-state index in [9.17, 15) is 4.79 Å². The highest BCUT2D eigenvalue weighted by atomic mass is 28.4. The fourth-order valence-corrected chi connectivity index (χ4v) is 3.26. The van der Waals surface area contributed by atoms with Gasteiger partial charge in [0.25, 0.3) is 0 Å². The number of hydrogen-bond acceptors (Lipinski definition) is 3. The Morgan fingerprint density at radius 2 is 1.94 bits per heavy atom. The summed E-state index contributed by atoms with van der Waals surface area (Å²) in [6.07, 6.45) is 6.34. The first-order valence-corrected chi connectivity index (χ1v) is 9.57. The second-order valence-corrected chi connectivity index (χ2v) is 9.04. The van der Waals surface area contributed by atoms with E-state index in [2.05, 4.69) is 20.0 Å². The third kappa shape index (κ3) is 10.3. The molecule has 0 aromatic carbocycles. The number of allylic oxidation sites excluding steroid dienone is 1. The van der Waals surface area contributed by atoms with Crippen LogP contribution in [0.15, 0.2) is 12.2 Å². The Morgan fingerprint density at radius 1 is 1.24 bits per heavy atom. The summed E-state index contributed by atoms with van der Waals surface area (Å²) in [7, 11) is -1.54. The fourth-order valence-electron chi connectivity index (χ4n) is 1.42. The largest absolute Gasteiger partial charge is 0.463 e. The molecule has 0 aliphatic carbocycles. The average molecular weight is 258 g/mol. The molecule has 0 heterocycles. The lowest BCUT2D eigenvalue weighted by atomic mass is 10.4. The first-order valence-electron chi connectivity index (χ1n) is 6.45. The smallest absolute Gasteiger partial charge is 0.330 e. The van der Waals surface area contributed by atoms with Crippen molar-refractivity contribution >= 4 is 14.3 Å². The SMILES string of the molecule is CC=CC(=O)OCCC[Si](C)(C)OCCCC. The number of hydrogen-bond donors (Lipinski definition) is 0. The van der Waals surface area contributed by atoms with E-state index in [0.29, 0.717) is 6.61 Å². The maximum absolute atomic E-state index is 11.0. The van der Waals surface area contributed by atoms with Gasteiger partial charge in [0.05, 0.1) is 6.61 Å². The van der Waals surface area contributed by atoms with E-state index < -0.39 is 8.32 Å². The molecule has 0 N–H and O–H groups in total. The van der Waals surface area contributed by atoms with Gasteiger partial charge in [-0.15, -0.1) is 0 Å². The number of esters is 1. The van der Waals surface area contributed by atoms with Gasteiger partial charge in [-0.2, -0.15) is 0 Å². The second-order valence-electron chi connectivity index (χ2n) is 4.73. The average Bonchev–Trinajstić information content (AvgIpc) is 2.25. The zero-order valence-corrected chi connectivity index (χ0v) is 12.6. The van der Waals surface area contributed by atoms with Gasteiger partial charge < -0.3 is 9.16 Å². The Labute approximate surface area is 106 Å². The first-order chi connectivity index (χ1) is 8.02. The van der Waals surface area contributed by atoms with Gasteiger partial charge in [-0.05, 0) is 38.9 Å². The summed E-state index contributed by atoms with van der Waals surface area (Å²) in [5.74, 6) is -0.251. The zero-order chi connectivity index (χ0) is 13.1. The molecule has 0 aliphatic heterocycles. The van der Waals surface area contributed by atoms with Crippen molar-refractivity contribution < 1.29 is 14.0 Å². The molecule has 0 amide bonds. The summed E-state index contributed by atoms with van der Waals surface area (Å²) in [6.45, 7) is 9.77. The Kier molecular flexibility index (Phi) is 9.08. The van der Waals surface area contributed by atoms with Crippen LogP contribution in [0, 0.1) is 0 Å². The van der Waals surface area contributed by atoms with Crippen LogP contribution in [0.1, 0.15) is 33.1 Å². The van der Waals surface area contributed by atoms with Crippen LogP contribution in [-0.4, -0.2) is 27.5 Å². The zero-order valence-electron chi connectivity index (χ0n) is 11.6. The van der Waals surface area contributed by atoms with E-state index in [1.807, 2.05) is 0 Å². The second kappa shape index (κ2) is 9.42. The van der Waals surface area contributed by atoms with Gasteiger partial charge in [0.2, 0.25) is 0 Å². The molecular weight excluding hydrogens is 232 g/mol. The van der Waals surface area contributed by atoms with Gasteiger partial charge in [-0.3, -0.25) is 0 Å². The van der Waals surface area contributed by atoms with Crippen LogP contribution in [-0.2, 0) is 14.0 Å². The lowest BCUT2D eigenvalue weighted by Crippen LogP contribution is -2.31. The highest BCUT2D eigenvalue weighted by Crippen LogP contribution is 2.14. The van der Waals surface area contributed by atoms with E-state index in [4.69, 9.17) is 9.16 Å². The van der Waals surface area contributed by atoms with Gasteiger partial charge in [-0.1, -0.05) is 19.4 Å². The molecule has 4 heteroatoms. The molecule has 0 rings (SSSR count). The van der Waals surface area contributed by atoms with Crippen molar-refractivity contribution in [3.8, 4) is 0 Å². The number of carbonyl (C=O) groups excluding carboxylic acids is 1. The minimum atomic E-state index is -1.54. The quantitative estimate of drug-likeness (QED) is 0.275. The Bertz CT molecular complexity index is 237. The molecule has 0 aromatic rings. The predicted octanol–water partition coefficient (Wildman–Crippen LogP) is 3.52. The lowest BCUT2D eigenvalue weighted by molar-refractivity contribution is -0.137. The minimum absolute atomic E-state index is 0.251. The lowest BCUT2D eigenvalue weighted by Gasteiger charge is -2.22. The molecular formula is C13H26O3Si. The Morgan fingerprint density at radius 3 is 2.53 bits per heavy atom. The Balaban J connectivity index is 3.61. The molecule has 3 nitrogen and oxygen atoms in total. The molecule has 0 saturated heterocycles. The van der Waals surface area contributed by atoms with Crippen LogP contribution in [0.5, 0.6) is 0 Å². The van der Waals surface area contributed by atoms with Crippen molar-refractivity contribution in [2.45, 2.75) is 52.2 Å². The van der Waals surface area contributed by atoms with E-state index in [1.165, 1.54) is 12.5 Å².